The van der Waals surface area contributed by atoms with E-state index in [1.54, 1.807) is 18.2 Å². The van der Waals surface area contributed by atoms with Gasteiger partial charge in [0, 0.05) is 31.9 Å². The molecule has 6 nitrogen and oxygen atoms in total. The monoisotopic (exact) mass is 414 g/mol. The SMILES string of the molecule is O=C(NCCCOCC1CC1)c1cccc(S(=O)(=O)N2CCc3ccccc32)c1. The Balaban J connectivity index is 1.38. The Hall–Kier alpha value is -2.38. The van der Waals surface area contributed by atoms with Crippen LogP contribution in [0.25, 0.3) is 0 Å². The predicted molar refractivity (Wildman–Crippen MR) is 112 cm³/mol. The fraction of sp³-hybridized carbons (Fsp3) is 0.409. The van der Waals surface area contributed by atoms with Crippen molar-refractivity contribution in [3.05, 3.63) is 59.7 Å². The molecule has 29 heavy (non-hydrogen) atoms. The van der Waals surface area contributed by atoms with Gasteiger partial charge in [0.05, 0.1) is 10.6 Å². The van der Waals surface area contributed by atoms with Crippen molar-refractivity contribution in [1.29, 1.82) is 0 Å². The van der Waals surface area contributed by atoms with E-state index in [0.717, 1.165) is 24.5 Å². The zero-order valence-electron chi connectivity index (χ0n) is 16.3. The lowest BCUT2D eigenvalue weighted by Gasteiger charge is -2.20. The molecule has 0 unspecified atom stereocenters. The first kappa shape index (κ1) is 19.9. The highest BCUT2D eigenvalue weighted by Crippen LogP contribution is 2.32. The number of hydrogen-bond donors (Lipinski definition) is 1. The molecule has 1 amide bonds. The van der Waals surface area contributed by atoms with Crippen LogP contribution in [-0.4, -0.2) is 40.6 Å². The molecular weight excluding hydrogens is 388 g/mol. The standard InChI is InChI=1S/C22H26N2O4S/c25-22(23-12-4-14-28-16-17-9-10-17)19-6-3-7-20(15-19)29(26,27)24-13-11-18-5-1-2-8-21(18)24/h1-3,5-8,15,17H,4,9-14,16H2,(H,23,25). The number of nitrogens with one attached hydrogen (secondary N) is 1. The second-order valence-electron chi connectivity index (χ2n) is 7.61. The molecule has 4 rings (SSSR count). The first-order chi connectivity index (χ1) is 14.1. The van der Waals surface area contributed by atoms with Crippen molar-refractivity contribution in [3.8, 4) is 0 Å². The van der Waals surface area contributed by atoms with Gasteiger partial charge in [0.2, 0.25) is 0 Å². The van der Waals surface area contributed by atoms with Crippen molar-refractivity contribution < 1.29 is 17.9 Å². The van der Waals surface area contributed by atoms with Gasteiger partial charge in [-0.1, -0.05) is 24.3 Å². The minimum absolute atomic E-state index is 0.134. The Morgan fingerprint density at radius 2 is 1.97 bits per heavy atom. The maximum absolute atomic E-state index is 13.1. The summed E-state index contributed by atoms with van der Waals surface area (Å²) in [5.41, 5.74) is 2.08. The number of anilines is 1. The molecule has 1 aliphatic carbocycles. The summed E-state index contributed by atoms with van der Waals surface area (Å²) in [4.78, 5) is 12.6. The summed E-state index contributed by atoms with van der Waals surface area (Å²) in [6, 6.07) is 13.8. The number of hydrogen-bond acceptors (Lipinski definition) is 4. The fourth-order valence-electron chi connectivity index (χ4n) is 3.50. The average Bonchev–Trinajstić information content (AvgIpc) is 3.46. The molecule has 7 heteroatoms. The van der Waals surface area contributed by atoms with Gasteiger partial charge in [-0.2, -0.15) is 0 Å². The second-order valence-corrected chi connectivity index (χ2v) is 9.47. The van der Waals surface area contributed by atoms with Gasteiger partial charge in [0.25, 0.3) is 15.9 Å². The van der Waals surface area contributed by atoms with Crippen LogP contribution >= 0.6 is 0 Å². The largest absolute Gasteiger partial charge is 0.381 e. The van der Waals surface area contributed by atoms with E-state index >= 15 is 0 Å². The number of nitrogens with zero attached hydrogens (tertiary/aromatic N) is 1. The van der Waals surface area contributed by atoms with E-state index in [2.05, 4.69) is 5.32 Å². The van der Waals surface area contributed by atoms with Crippen LogP contribution < -0.4 is 9.62 Å². The van der Waals surface area contributed by atoms with Gasteiger partial charge in [-0.3, -0.25) is 9.10 Å². The van der Waals surface area contributed by atoms with Crippen LogP contribution in [-0.2, 0) is 21.2 Å². The molecule has 0 bridgehead atoms. The minimum Gasteiger partial charge on any atom is -0.381 e. The molecule has 1 N–H and O–H groups in total. The Labute approximate surface area is 171 Å². The van der Waals surface area contributed by atoms with Gasteiger partial charge in [0.1, 0.15) is 0 Å². The predicted octanol–water partition coefficient (Wildman–Crippen LogP) is 2.98. The number of fused-ring (bicyclic) bond motifs is 1. The number of para-hydroxylation sites is 1. The lowest BCUT2D eigenvalue weighted by Crippen LogP contribution is -2.30. The highest BCUT2D eigenvalue weighted by atomic mass is 32.2. The number of rotatable bonds is 9. The second kappa shape index (κ2) is 8.55. The van der Waals surface area contributed by atoms with Crippen LogP contribution in [0.4, 0.5) is 5.69 Å². The molecule has 0 aromatic heterocycles. The number of amides is 1. The molecule has 1 aliphatic heterocycles. The molecule has 0 saturated heterocycles. The Kier molecular flexibility index (Phi) is 5.87. The smallest absolute Gasteiger partial charge is 0.264 e. The minimum atomic E-state index is -3.71. The van der Waals surface area contributed by atoms with E-state index in [9.17, 15) is 13.2 Å². The zero-order valence-corrected chi connectivity index (χ0v) is 17.2. The van der Waals surface area contributed by atoms with Crippen molar-refractivity contribution in [2.75, 3.05) is 30.6 Å². The van der Waals surface area contributed by atoms with E-state index in [1.807, 2.05) is 24.3 Å². The highest BCUT2D eigenvalue weighted by Gasteiger charge is 2.30. The van der Waals surface area contributed by atoms with Gasteiger partial charge in [0.15, 0.2) is 0 Å². The maximum Gasteiger partial charge on any atom is 0.264 e. The summed E-state index contributed by atoms with van der Waals surface area (Å²) in [5, 5.41) is 2.84. The molecule has 2 aromatic rings. The summed E-state index contributed by atoms with van der Waals surface area (Å²) in [6.07, 6.45) is 3.96. The topological polar surface area (TPSA) is 75.7 Å². The van der Waals surface area contributed by atoms with Gasteiger partial charge >= 0.3 is 0 Å². The first-order valence-electron chi connectivity index (χ1n) is 10.1. The van der Waals surface area contributed by atoms with Gasteiger partial charge in [-0.05, 0) is 61.4 Å². The number of carbonyl (C=O) groups excluding carboxylic acids is 1. The summed E-state index contributed by atoms with van der Waals surface area (Å²) in [5.74, 6) is 0.461. The van der Waals surface area contributed by atoms with Gasteiger partial charge in [-0.25, -0.2) is 8.42 Å². The van der Waals surface area contributed by atoms with Gasteiger partial charge in [-0.15, -0.1) is 0 Å². The lowest BCUT2D eigenvalue weighted by molar-refractivity contribution is 0.0937. The molecule has 1 saturated carbocycles. The molecule has 0 radical (unpaired) electrons. The van der Waals surface area contributed by atoms with E-state index in [-0.39, 0.29) is 10.8 Å². The molecule has 0 spiro atoms. The maximum atomic E-state index is 13.1. The van der Waals surface area contributed by atoms with Crippen molar-refractivity contribution in [1.82, 2.24) is 5.32 Å². The van der Waals surface area contributed by atoms with E-state index < -0.39 is 10.0 Å². The number of benzene rings is 2. The number of carbonyl (C=O) groups is 1. The fourth-order valence-corrected chi connectivity index (χ4v) is 5.05. The van der Waals surface area contributed by atoms with Crippen LogP contribution in [0.3, 0.4) is 0 Å². The van der Waals surface area contributed by atoms with Crippen LogP contribution in [0.5, 0.6) is 0 Å². The Morgan fingerprint density at radius 3 is 2.79 bits per heavy atom. The zero-order chi connectivity index (χ0) is 20.3. The average molecular weight is 415 g/mol. The summed E-state index contributed by atoms with van der Waals surface area (Å²) < 4.78 is 33.3. The molecule has 2 aromatic carbocycles. The first-order valence-corrected chi connectivity index (χ1v) is 11.6. The van der Waals surface area contributed by atoms with Crippen LogP contribution in [0.1, 0.15) is 35.2 Å². The van der Waals surface area contributed by atoms with Crippen molar-refractivity contribution in [2.45, 2.75) is 30.6 Å². The molecule has 1 heterocycles. The summed E-state index contributed by atoms with van der Waals surface area (Å²) >= 11 is 0. The molecule has 0 atom stereocenters. The van der Waals surface area contributed by atoms with E-state index in [4.69, 9.17) is 4.74 Å². The van der Waals surface area contributed by atoms with Crippen molar-refractivity contribution in [3.63, 3.8) is 0 Å². The van der Waals surface area contributed by atoms with Crippen LogP contribution in [0, 0.1) is 5.92 Å². The molecule has 1 fully saturated rings. The third-order valence-corrected chi connectivity index (χ3v) is 7.14. The Morgan fingerprint density at radius 1 is 1.14 bits per heavy atom. The Bertz CT molecular complexity index is 986. The van der Waals surface area contributed by atoms with Crippen LogP contribution in [0.2, 0.25) is 0 Å². The molecular formula is C22H26N2O4S. The van der Waals surface area contributed by atoms with Crippen LogP contribution in [0.15, 0.2) is 53.4 Å². The normalized spacial score (nSPS) is 15.9. The van der Waals surface area contributed by atoms with E-state index in [0.29, 0.717) is 37.4 Å². The number of sulfonamides is 1. The van der Waals surface area contributed by atoms with E-state index in [1.165, 1.54) is 23.2 Å². The summed E-state index contributed by atoms with van der Waals surface area (Å²) in [7, 11) is -3.71. The van der Waals surface area contributed by atoms with Crippen molar-refractivity contribution in [2.24, 2.45) is 5.92 Å². The summed E-state index contributed by atoms with van der Waals surface area (Å²) in [6.45, 7) is 2.35. The quantitative estimate of drug-likeness (QED) is 0.640. The molecule has 2 aliphatic rings. The van der Waals surface area contributed by atoms with Crippen molar-refractivity contribution >= 4 is 21.6 Å². The third kappa shape index (κ3) is 4.62. The van der Waals surface area contributed by atoms with Gasteiger partial charge < -0.3 is 10.1 Å². The number of ether oxygens (including phenoxy) is 1. The highest BCUT2D eigenvalue weighted by molar-refractivity contribution is 7.92. The molecule has 154 valence electrons. The third-order valence-electron chi connectivity index (χ3n) is 5.33. The lowest BCUT2D eigenvalue weighted by atomic mass is 10.2.